The number of aliphatic hydroxyl groups excluding tert-OH is 2. The molecule has 0 amide bonds. The molecule has 208 valence electrons. The number of aliphatic hydroxyl groups is 2. The largest absolute Gasteiger partial charge is 0.438 e. The van der Waals surface area contributed by atoms with Crippen LogP contribution in [0.3, 0.4) is 0 Å². The van der Waals surface area contributed by atoms with Crippen molar-refractivity contribution >= 4 is 17.5 Å². The van der Waals surface area contributed by atoms with Crippen LogP contribution in [-0.4, -0.2) is 61.7 Å². The number of nitrogens with zero attached hydrogens (tertiary/aromatic N) is 1. The lowest BCUT2D eigenvalue weighted by Crippen LogP contribution is -2.69. The van der Waals surface area contributed by atoms with Crippen LogP contribution < -0.4 is 11.2 Å². The zero-order valence-electron chi connectivity index (χ0n) is 21.4. The second kappa shape index (κ2) is 10.9. The quantitative estimate of drug-likeness (QED) is 0.214. The number of esters is 1. The molecule has 4 atom stereocenters. The molecule has 3 aromatic carbocycles. The Balaban J connectivity index is 1.90. The summed E-state index contributed by atoms with van der Waals surface area (Å²) >= 11 is 0. The molecule has 1 saturated heterocycles. The van der Waals surface area contributed by atoms with Crippen LogP contribution in [0.15, 0.2) is 113 Å². The highest BCUT2D eigenvalue weighted by atomic mass is 16.6. The van der Waals surface area contributed by atoms with E-state index in [9.17, 15) is 34.2 Å². The fourth-order valence-corrected chi connectivity index (χ4v) is 5.04. The first-order chi connectivity index (χ1) is 19.8. The number of ketones is 2. The number of nitrogens with one attached hydrogen (secondary N) is 1. The third kappa shape index (κ3) is 4.42. The van der Waals surface area contributed by atoms with Gasteiger partial charge in [0.1, 0.15) is 12.2 Å². The van der Waals surface area contributed by atoms with Gasteiger partial charge >= 0.3 is 11.7 Å². The number of hydrogen-bond acceptors (Lipinski definition) is 9. The summed E-state index contributed by atoms with van der Waals surface area (Å²) in [5, 5.41) is 22.0. The molecule has 11 heteroatoms. The third-order valence-corrected chi connectivity index (χ3v) is 6.92. The van der Waals surface area contributed by atoms with Crippen LogP contribution in [0.1, 0.15) is 31.1 Å². The topological polar surface area (TPSA) is 165 Å². The first-order valence-corrected chi connectivity index (χ1v) is 12.5. The van der Waals surface area contributed by atoms with Crippen LogP contribution in [0.4, 0.5) is 0 Å². The lowest BCUT2D eigenvalue weighted by molar-refractivity contribution is -0.148. The summed E-state index contributed by atoms with van der Waals surface area (Å²) < 4.78 is 12.5. The number of hydrogen-bond donors (Lipinski definition) is 3. The predicted octanol–water partition coefficient (Wildman–Crippen LogP) is 1.30. The van der Waals surface area contributed by atoms with Crippen molar-refractivity contribution in [2.24, 2.45) is 0 Å². The number of carbonyl (C=O) groups excluding carboxylic acids is 3. The minimum atomic E-state index is -2.98. The maximum Gasteiger partial charge on any atom is 0.339 e. The van der Waals surface area contributed by atoms with Crippen molar-refractivity contribution < 1.29 is 34.1 Å². The lowest BCUT2D eigenvalue weighted by atomic mass is 9.75. The van der Waals surface area contributed by atoms with Crippen molar-refractivity contribution in [3.05, 3.63) is 141 Å². The molecule has 4 aromatic rings. The number of H-pyrrole nitrogens is 1. The highest BCUT2D eigenvalue weighted by Crippen LogP contribution is 2.50. The molecule has 0 bridgehead atoms. The van der Waals surface area contributed by atoms with Crippen LogP contribution in [0.2, 0.25) is 0 Å². The number of carbonyl (C=O) groups is 3. The van der Waals surface area contributed by atoms with Gasteiger partial charge in [-0.15, -0.1) is 0 Å². The van der Waals surface area contributed by atoms with Gasteiger partial charge in [0.2, 0.25) is 11.6 Å². The van der Waals surface area contributed by atoms with E-state index in [0.717, 1.165) is 12.3 Å². The van der Waals surface area contributed by atoms with E-state index in [2.05, 4.69) is 0 Å². The molecule has 41 heavy (non-hydrogen) atoms. The molecular formula is C30H24N2O9. The summed E-state index contributed by atoms with van der Waals surface area (Å²) in [7, 11) is 0. The minimum absolute atomic E-state index is 0.0396. The second-order valence-electron chi connectivity index (χ2n) is 9.29. The van der Waals surface area contributed by atoms with Crippen LogP contribution >= 0.6 is 0 Å². The van der Waals surface area contributed by atoms with E-state index in [-0.39, 0.29) is 16.7 Å². The maximum absolute atomic E-state index is 14.6. The van der Waals surface area contributed by atoms with E-state index >= 15 is 0 Å². The molecule has 1 aliphatic heterocycles. The van der Waals surface area contributed by atoms with Gasteiger partial charge in [-0.3, -0.25) is 23.9 Å². The number of ether oxygens (including phenoxy) is 2. The summed E-state index contributed by atoms with van der Waals surface area (Å²) in [6.45, 7) is -0.935. The van der Waals surface area contributed by atoms with Crippen LogP contribution in [-0.2, 0) is 15.2 Å². The van der Waals surface area contributed by atoms with E-state index in [4.69, 9.17) is 9.47 Å². The Hall–Kier alpha value is -4.97. The fourth-order valence-electron chi connectivity index (χ4n) is 5.04. The molecule has 11 nitrogen and oxygen atoms in total. The number of rotatable bonds is 8. The smallest absolute Gasteiger partial charge is 0.339 e. The third-order valence-electron chi connectivity index (χ3n) is 6.92. The van der Waals surface area contributed by atoms with Gasteiger partial charge < -0.3 is 19.7 Å². The highest BCUT2D eigenvalue weighted by molar-refractivity contribution is 6.13. The molecule has 1 fully saturated rings. The molecule has 0 spiro atoms. The van der Waals surface area contributed by atoms with Gasteiger partial charge in [0, 0.05) is 23.4 Å². The Kier molecular flexibility index (Phi) is 7.33. The van der Waals surface area contributed by atoms with Crippen LogP contribution in [0, 0.1) is 0 Å². The maximum atomic E-state index is 14.6. The molecule has 0 unspecified atom stereocenters. The van der Waals surface area contributed by atoms with Crippen molar-refractivity contribution in [2.75, 3.05) is 6.61 Å². The molecule has 1 aromatic heterocycles. The Morgan fingerprint density at radius 1 is 0.805 bits per heavy atom. The average molecular weight is 557 g/mol. The van der Waals surface area contributed by atoms with E-state index in [1.807, 2.05) is 4.98 Å². The normalized spacial score (nSPS) is 23.6. The molecule has 0 radical (unpaired) electrons. The molecule has 1 aliphatic rings. The van der Waals surface area contributed by atoms with Crippen molar-refractivity contribution in [1.82, 2.24) is 9.55 Å². The van der Waals surface area contributed by atoms with Crippen LogP contribution in [0.25, 0.3) is 0 Å². The van der Waals surface area contributed by atoms with Gasteiger partial charge in [0.15, 0.2) is 0 Å². The second-order valence-corrected chi connectivity index (χ2v) is 9.29. The minimum Gasteiger partial charge on any atom is -0.438 e. The first-order valence-electron chi connectivity index (χ1n) is 12.5. The van der Waals surface area contributed by atoms with Gasteiger partial charge in [-0.05, 0) is 12.1 Å². The van der Waals surface area contributed by atoms with Crippen molar-refractivity contribution in [3.8, 4) is 0 Å². The molecule has 3 N–H and O–H groups in total. The van der Waals surface area contributed by atoms with Crippen molar-refractivity contribution in [3.63, 3.8) is 0 Å². The zero-order valence-corrected chi connectivity index (χ0v) is 21.4. The predicted molar refractivity (Wildman–Crippen MR) is 143 cm³/mol. The average Bonchev–Trinajstić information content (AvgIpc) is 3.26. The highest BCUT2D eigenvalue weighted by Gasteiger charge is 2.77. The molecule has 0 aliphatic carbocycles. The SMILES string of the molecule is O=C(O[C@]1(C(=O)c2ccccc2)[C@H](O)[C@@H](CO)O[C@@]1(C(=O)c1ccccc1)n1ccc(=O)[nH]c1=O)c1ccccc1. The summed E-state index contributed by atoms with van der Waals surface area (Å²) in [5.41, 5.74) is -8.17. The number of benzene rings is 3. The summed E-state index contributed by atoms with van der Waals surface area (Å²) in [5.74, 6) is -3.28. The fraction of sp³-hybridized carbons (Fsp3) is 0.167. The molecular weight excluding hydrogens is 532 g/mol. The van der Waals surface area contributed by atoms with E-state index in [1.54, 1.807) is 18.2 Å². The molecule has 2 heterocycles. The Bertz CT molecular complexity index is 1700. The summed E-state index contributed by atoms with van der Waals surface area (Å²) in [6.07, 6.45) is -2.96. The first kappa shape index (κ1) is 27.6. The number of aromatic nitrogens is 2. The van der Waals surface area contributed by atoms with Gasteiger partial charge in [-0.1, -0.05) is 78.9 Å². The van der Waals surface area contributed by atoms with Gasteiger partial charge in [-0.2, -0.15) is 0 Å². The summed E-state index contributed by atoms with van der Waals surface area (Å²) in [4.78, 5) is 70.2. The number of aromatic amines is 1. The van der Waals surface area contributed by atoms with E-state index in [0.29, 0.717) is 4.57 Å². The lowest BCUT2D eigenvalue weighted by Gasteiger charge is -2.42. The molecule has 5 rings (SSSR count). The Labute approximate surface area is 232 Å². The van der Waals surface area contributed by atoms with Gasteiger partial charge in [-0.25, -0.2) is 9.59 Å². The monoisotopic (exact) mass is 556 g/mol. The van der Waals surface area contributed by atoms with Crippen LogP contribution in [0.5, 0.6) is 0 Å². The van der Waals surface area contributed by atoms with Crippen molar-refractivity contribution in [2.45, 2.75) is 23.5 Å². The Morgan fingerprint density at radius 3 is 1.83 bits per heavy atom. The number of Topliss-reactive ketones (excluding diaryl/α,β-unsaturated/α-hetero) is 2. The Morgan fingerprint density at radius 2 is 1.32 bits per heavy atom. The van der Waals surface area contributed by atoms with Crippen molar-refractivity contribution in [1.29, 1.82) is 0 Å². The summed E-state index contributed by atoms with van der Waals surface area (Å²) in [6, 6.07) is 23.2. The molecule has 0 saturated carbocycles. The van der Waals surface area contributed by atoms with E-state index < -0.39 is 58.9 Å². The van der Waals surface area contributed by atoms with Gasteiger partial charge in [0.25, 0.3) is 16.9 Å². The zero-order chi connectivity index (χ0) is 29.2. The van der Waals surface area contributed by atoms with E-state index in [1.165, 1.54) is 72.8 Å². The van der Waals surface area contributed by atoms with Gasteiger partial charge in [0.05, 0.1) is 12.2 Å². The standard InChI is InChI=1S/C30H24N2O9/c33-18-22-26(37)29(24(35)19-10-4-1-5-11-19,41-27(38)21-14-8-3-9-15-21)30(40-22,25(36)20-12-6-2-7-13-20)32-17-16-23(34)31-28(32)39/h1-17,22,26,33,37H,18H2,(H,31,34,39)/t22-,26-,29-,30-/m1/s1.